The highest BCUT2D eigenvalue weighted by Crippen LogP contribution is 2.23. The molecule has 0 saturated heterocycles. The number of aliphatic hydroxyl groups excluding tert-OH is 1. The number of aliphatic hydroxyl groups is 1. The zero-order chi connectivity index (χ0) is 12.8. The fraction of sp³-hybridized carbons (Fsp3) is 0.538. The van der Waals surface area contributed by atoms with Crippen molar-refractivity contribution in [1.82, 2.24) is 0 Å². The van der Waals surface area contributed by atoms with Crippen molar-refractivity contribution < 1.29 is 9.84 Å². The molecule has 3 nitrogen and oxygen atoms in total. The van der Waals surface area contributed by atoms with E-state index < -0.39 is 0 Å². The Kier molecular flexibility index (Phi) is 5.82. The number of nitrogens with two attached hydrogens (primary N) is 1. The molecule has 3 unspecified atom stereocenters. The van der Waals surface area contributed by atoms with E-state index in [9.17, 15) is 5.11 Å². The second-order valence-electron chi connectivity index (χ2n) is 4.16. The molecule has 1 aromatic carbocycles. The molecule has 0 fully saturated rings. The topological polar surface area (TPSA) is 55.5 Å². The van der Waals surface area contributed by atoms with Gasteiger partial charge in [0.05, 0.1) is 13.2 Å². The van der Waals surface area contributed by atoms with Gasteiger partial charge >= 0.3 is 0 Å². The molecular weight excluding hydrogens is 234 g/mol. The molecule has 96 valence electrons. The lowest BCUT2D eigenvalue weighted by Crippen LogP contribution is -2.20. The van der Waals surface area contributed by atoms with Gasteiger partial charge in [-0.05, 0) is 24.6 Å². The molecular formula is C13H21NO2S. The second-order valence-corrected chi connectivity index (χ2v) is 5.57. The van der Waals surface area contributed by atoms with Gasteiger partial charge in [0, 0.05) is 17.0 Å². The summed E-state index contributed by atoms with van der Waals surface area (Å²) in [6, 6.07) is 7.77. The summed E-state index contributed by atoms with van der Waals surface area (Å²) in [6.07, 6.45) is -0.308. The maximum Gasteiger partial charge on any atom is 0.119 e. The molecule has 0 aliphatic carbocycles. The van der Waals surface area contributed by atoms with Gasteiger partial charge in [-0.1, -0.05) is 19.1 Å². The van der Waals surface area contributed by atoms with Crippen LogP contribution < -0.4 is 10.5 Å². The van der Waals surface area contributed by atoms with Crippen LogP contribution in [0.5, 0.6) is 5.75 Å². The first-order valence-corrected chi connectivity index (χ1v) is 6.78. The standard InChI is InChI=1S/C13H21NO2S/c1-9(15)10(2)17-8-13(14)11-5-4-6-12(7-11)16-3/h4-7,9-10,13,15H,8,14H2,1-3H3. The summed E-state index contributed by atoms with van der Waals surface area (Å²) in [6.45, 7) is 3.81. The Morgan fingerprint density at radius 3 is 2.71 bits per heavy atom. The Hall–Kier alpha value is -0.710. The van der Waals surface area contributed by atoms with E-state index >= 15 is 0 Å². The van der Waals surface area contributed by atoms with Crippen LogP contribution in [0.25, 0.3) is 0 Å². The molecule has 0 spiro atoms. The van der Waals surface area contributed by atoms with Crippen LogP contribution in [0.2, 0.25) is 0 Å². The molecule has 4 heteroatoms. The van der Waals surface area contributed by atoms with Crippen molar-refractivity contribution in [1.29, 1.82) is 0 Å². The number of thioether (sulfide) groups is 1. The lowest BCUT2D eigenvalue weighted by molar-refractivity contribution is 0.196. The summed E-state index contributed by atoms with van der Waals surface area (Å²) in [5.41, 5.74) is 7.17. The van der Waals surface area contributed by atoms with Crippen molar-refractivity contribution in [2.75, 3.05) is 12.9 Å². The lowest BCUT2D eigenvalue weighted by Gasteiger charge is -2.18. The number of hydrogen-bond donors (Lipinski definition) is 2. The highest BCUT2D eigenvalue weighted by atomic mass is 32.2. The summed E-state index contributed by atoms with van der Waals surface area (Å²) < 4.78 is 5.17. The van der Waals surface area contributed by atoms with Crippen LogP contribution in [0.1, 0.15) is 25.5 Å². The predicted octanol–water partition coefficient (Wildman–Crippen LogP) is 2.20. The Morgan fingerprint density at radius 1 is 1.41 bits per heavy atom. The van der Waals surface area contributed by atoms with Gasteiger partial charge in [0.1, 0.15) is 5.75 Å². The van der Waals surface area contributed by atoms with E-state index in [1.54, 1.807) is 25.8 Å². The van der Waals surface area contributed by atoms with Crippen molar-refractivity contribution >= 4 is 11.8 Å². The molecule has 0 aliphatic rings. The highest BCUT2D eigenvalue weighted by Gasteiger charge is 2.13. The van der Waals surface area contributed by atoms with Crippen molar-refractivity contribution in [2.45, 2.75) is 31.2 Å². The quantitative estimate of drug-likeness (QED) is 0.818. The lowest BCUT2D eigenvalue weighted by atomic mass is 10.1. The molecule has 0 saturated carbocycles. The average Bonchev–Trinajstić information content (AvgIpc) is 2.35. The SMILES string of the molecule is COc1cccc(C(N)CSC(C)C(C)O)c1. The Morgan fingerprint density at radius 2 is 2.12 bits per heavy atom. The van der Waals surface area contributed by atoms with E-state index in [-0.39, 0.29) is 17.4 Å². The molecule has 0 aliphatic heterocycles. The predicted molar refractivity (Wildman–Crippen MR) is 73.5 cm³/mol. The second kappa shape index (κ2) is 6.89. The fourth-order valence-corrected chi connectivity index (χ4v) is 2.34. The van der Waals surface area contributed by atoms with Crippen LogP contribution in [-0.4, -0.2) is 29.3 Å². The number of methoxy groups -OCH3 is 1. The van der Waals surface area contributed by atoms with Gasteiger partial charge in [-0.2, -0.15) is 11.8 Å². The number of rotatable bonds is 6. The Labute approximate surface area is 107 Å². The smallest absolute Gasteiger partial charge is 0.119 e. The van der Waals surface area contributed by atoms with Crippen LogP contribution in [-0.2, 0) is 0 Å². The maximum atomic E-state index is 9.40. The zero-order valence-electron chi connectivity index (χ0n) is 10.6. The van der Waals surface area contributed by atoms with E-state index in [4.69, 9.17) is 10.5 Å². The Balaban J connectivity index is 2.54. The van der Waals surface area contributed by atoms with Gasteiger partial charge in [0.25, 0.3) is 0 Å². The first-order chi connectivity index (χ1) is 8.04. The van der Waals surface area contributed by atoms with Crippen molar-refractivity contribution in [3.63, 3.8) is 0 Å². The fourth-order valence-electron chi connectivity index (χ4n) is 1.36. The van der Waals surface area contributed by atoms with E-state index in [2.05, 4.69) is 0 Å². The normalized spacial score (nSPS) is 16.3. The maximum absolute atomic E-state index is 9.40. The highest BCUT2D eigenvalue weighted by molar-refractivity contribution is 7.99. The van der Waals surface area contributed by atoms with Crippen LogP contribution in [0.3, 0.4) is 0 Å². The summed E-state index contributed by atoms with van der Waals surface area (Å²) in [5.74, 6) is 1.62. The van der Waals surface area contributed by atoms with Crippen LogP contribution in [0.4, 0.5) is 0 Å². The number of ether oxygens (including phenoxy) is 1. The minimum atomic E-state index is -0.308. The van der Waals surface area contributed by atoms with Crippen molar-refractivity contribution in [2.24, 2.45) is 5.73 Å². The summed E-state index contributed by atoms with van der Waals surface area (Å²) >= 11 is 1.69. The largest absolute Gasteiger partial charge is 0.497 e. The van der Waals surface area contributed by atoms with E-state index in [1.807, 2.05) is 31.2 Å². The van der Waals surface area contributed by atoms with E-state index in [0.29, 0.717) is 0 Å². The summed E-state index contributed by atoms with van der Waals surface area (Å²) in [7, 11) is 1.65. The summed E-state index contributed by atoms with van der Waals surface area (Å²) in [5, 5.41) is 9.61. The zero-order valence-corrected chi connectivity index (χ0v) is 11.4. The monoisotopic (exact) mass is 255 g/mol. The van der Waals surface area contributed by atoms with Crippen molar-refractivity contribution in [3.8, 4) is 5.75 Å². The number of hydrogen-bond acceptors (Lipinski definition) is 4. The molecule has 1 aromatic rings. The molecule has 3 atom stereocenters. The molecule has 0 amide bonds. The third kappa shape index (κ3) is 4.58. The van der Waals surface area contributed by atoms with Crippen LogP contribution in [0.15, 0.2) is 24.3 Å². The third-order valence-corrected chi connectivity index (χ3v) is 4.21. The van der Waals surface area contributed by atoms with Gasteiger partial charge in [0.15, 0.2) is 0 Å². The minimum absolute atomic E-state index is 0.0312. The molecule has 0 bridgehead atoms. The Bertz CT molecular complexity index is 344. The van der Waals surface area contributed by atoms with Gasteiger partial charge in [-0.3, -0.25) is 0 Å². The van der Waals surface area contributed by atoms with Gasteiger partial charge < -0.3 is 15.6 Å². The van der Waals surface area contributed by atoms with E-state index in [1.165, 1.54) is 0 Å². The first-order valence-electron chi connectivity index (χ1n) is 5.73. The molecule has 17 heavy (non-hydrogen) atoms. The van der Waals surface area contributed by atoms with Gasteiger partial charge in [-0.15, -0.1) is 0 Å². The van der Waals surface area contributed by atoms with Gasteiger partial charge in [-0.25, -0.2) is 0 Å². The summed E-state index contributed by atoms with van der Waals surface area (Å²) in [4.78, 5) is 0. The minimum Gasteiger partial charge on any atom is -0.497 e. The van der Waals surface area contributed by atoms with Crippen LogP contribution in [0, 0.1) is 0 Å². The molecule has 0 aromatic heterocycles. The third-order valence-electron chi connectivity index (χ3n) is 2.74. The number of benzene rings is 1. The van der Waals surface area contributed by atoms with Crippen LogP contribution >= 0.6 is 11.8 Å². The molecule has 3 N–H and O–H groups in total. The van der Waals surface area contributed by atoms with Gasteiger partial charge in [0.2, 0.25) is 0 Å². The van der Waals surface area contributed by atoms with Crippen molar-refractivity contribution in [3.05, 3.63) is 29.8 Å². The molecule has 0 heterocycles. The molecule has 0 radical (unpaired) electrons. The average molecular weight is 255 g/mol. The molecule has 1 rings (SSSR count). The first kappa shape index (κ1) is 14.4. The van der Waals surface area contributed by atoms with E-state index in [0.717, 1.165) is 17.1 Å².